The van der Waals surface area contributed by atoms with E-state index in [9.17, 15) is 0 Å². The summed E-state index contributed by atoms with van der Waals surface area (Å²) in [5, 5.41) is 0.334. The minimum absolute atomic E-state index is 0.180. The van der Waals surface area contributed by atoms with Gasteiger partial charge in [-0.25, -0.2) is 0 Å². The van der Waals surface area contributed by atoms with Crippen LogP contribution in [0.15, 0.2) is 0 Å². The Morgan fingerprint density at radius 1 is 1.00 bits per heavy atom. The Balaban J connectivity index is 4.35. The van der Waals surface area contributed by atoms with E-state index in [4.69, 9.17) is 12.6 Å². The van der Waals surface area contributed by atoms with Gasteiger partial charge in [-0.15, -0.1) is 9.24 Å². The standard InChI is InChI=1S/C12H27PS/c1-7-12(6,14)9-10(2,3)8-11(4,5)13/h14H,7-9,13H2,1-6H3. The van der Waals surface area contributed by atoms with Crippen molar-refractivity contribution in [3.05, 3.63) is 0 Å². The van der Waals surface area contributed by atoms with Crippen LogP contribution in [0.3, 0.4) is 0 Å². The molecule has 0 aromatic carbocycles. The van der Waals surface area contributed by atoms with Crippen molar-refractivity contribution in [1.82, 2.24) is 0 Å². The molecule has 2 atom stereocenters. The summed E-state index contributed by atoms with van der Waals surface area (Å²) in [6.07, 6.45) is 3.54. The summed E-state index contributed by atoms with van der Waals surface area (Å²) in [5.41, 5.74) is 0.373. The fourth-order valence-electron chi connectivity index (χ4n) is 2.45. The van der Waals surface area contributed by atoms with Crippen molar-refractivity contribution in [3.8, 4) is 0 Å². The maximum Gasteiger partial charge on any atom is 0.0104 e. The van der Waals surface area contributed by atoms with Gasteiger partial charge in [-0.05, 0) is 29.8 Å². The highest BCUT2D eigenvalue weighted by molar-refractivity contribution is 7.81. The lowest BCUT2D eigenvalue weighted by atomic mass is 9.76. The van der Waals surface area contributed by atoms with Gasteiger partial charge in [0.1, 0.15) is 0 Å². The molecule has 0 aliphatic heterocycles. The van der Waals surface area contributed by atoms with Gasteiger partial charge in [-0.3, -0.25) is 0 Å². The van der Waals surface area contributed by atoms with Crippen molar-refractivity contribution in [3.63, 3.8) is 0 Å². The van der Waals surface area contributed by atoms with Gasteiger partial charge >= 0.3 is 0 Å². The third-order valence-electron chi connectivity index (χ3n) is 2.56. The third kappa shape index (κ3) is 7.12. The van der Waals surface area contributed by atoms with E-state index in [2.05, 4.69) is 50.8 Å². The molecule has 2 unspecified atom stereocenters. The lowest BCUT2D eigenvalue weighted by Gasteiger charge is -2.37. The Morgan fingerprint density at radius 3 is 1.71 bits per heavy atom. The van der Waals surface area contributed by atoms with Crippen molar-refractivity contribution in [2.45, 2.75) is 70.7 Å². The maximum absolute atomic E-state index is 4.72. The summed E-state index contributed by atoms with van der Waals surface area (Å²) in [6, 6.07) is 0. The summed E-state index contributed by atoms with van der Waals surface area (Å²) in [4.78, 5) is 0. The van der Waals surface area contributed by atoms with Gasteiger partial charge in [0.05, 0.1) is 0 Å². The fraction of sp³-hybridized carbons (Fsp3) is 1.00. The topological polar surface area (TPSA) is 0 Å². The molecule has 0 saturated heterocycles. The van der Waals surface area contributed by atoms with E-state index < -0.39 is 0 Å². The summed E-state index contributed by atoms with van der Waals surface area (Å²) < 4.78 is 0.180. The molecule has 0 aromatic heterocycles. The Morgan fingerprint density at radius 2 is 1.43 bits per heavy atom. The van der Waals surface area contributed by atoms with E-state index in [0.717, 1.165) is 6.42 Å². The molecule has 0 aliphatic rings. The Bertz CT molecular complexity index is 177. The van der Waals surface area contributed by atoms with Crippen LogP contribution in [0.25, 0.3) is 0 Å². The smallest absolute Gasteiger partial charge is 0.0104 e. The van der Waals surface area contributed by atoms with E-state index in [1.807, 2.05) is 0 Å². The van der Waals surface area contributed by atoms with Gasteiger partial charge in [0, 0.05) is 4.75 Å². The summed E-state index contributed by atoms with van der Waals surface area (Å²) >= 11 is 4.72. The summed E-state index contributed by atoms with van der Waals surface area (Å²) in [7, 11) is 2.94. The highest BCUT2D eigenvalue weighted by Gasteiger charge is 2.31. The Hall–Kier alpha value is 0.780. The van der Waals surface area contributed by atoms with E-state index in [1.54, 1.807) is 0 Å². The van der Waals surface area contributed by atoms with Crippen molar-refractivity contribution >= 4 is 21.9 Å². The molecule has 0 aromatic rings. The zero-order valence-corrected chi connectivity index (χ0v) is 12.7. The molecule has 14 heavy (non-hydrogen) atoms. The van der Waals surface area contributed by atoms with Crippen LogP contribution in [-0.4, -0.2) is 9.90 Å². The number of hydrogen-bond donors (Lipinski definition) is 1. The third-order valence-corrected chi connectivity index (χ3v) is 3.23. The predicted molar refractivity (Wildman–Crippen MR) is 74.5 cm³/mol. The molecule has 0 rings (SSSR count). The second-order valence-corrected chi connectivity index (χ2v) is 9.00. The predicted octanol–water partition coefficient (Wildman–Crippen LogP) is 4.55. The van der Waals surface area contributed by atoms with Crippen molar-refractivity contribution in [2.75, 3.05) is 0 Å². The number of thiol groups is 1. The van der Waals surface area contributed by atoms with Crippen molar-refractivity contribution < 1.29 is 0 Å². The number of hydrogen-bond acceptors (Lipinski definition) is 1. The lowest BCUT2D eigenvalue weighted by Crippen LogP contribution is -2.30. The minimum atomic E-state index is 0.180. The minimum Gasteiger partial charge on any atom is -0.173 e. The van der Waals surface area contributed by atoms with Gasteiger partial charge in [0.25, 0.3) is 0 Å². The molecular formula is C12H27PS. The second kappa shape index (κ2) is 4.74. The molecule has 86 valence electrons. The molecule has 0 radical (unpaired) electrons. The first-order chi connectivity index (χ1) is 5.97. The van der Waals surface area contributed by atoms with Gasteiger partial charge in [-0.2, -0.15) is 12.6 Å². The van der Waals surface area contributed by atoms with Gasteiger partial charge in [0.2, 0.25) is 0 Å². The molecule has 0 saturated carbocycles. The summed E-state index contributed by atoms with van der Waals surface area (Å²) in [6.45, 7) is 13.7. The first kappa shape index (κ1) is 14.8. The molecule has 0 fully saturated rings. The molecule has 0 bridgehead atoms. The Labute approximate surface area is 98.2 Å². The van der Waals surface area contributed by atoms with Crippen LogP contribution in [0.4, 0.5) is 0 Å². The van der Waals surface area contributed by atoms with Crippen LogP contribution in [0.2, 0.25) is 0 Å². The van der Waals surface area contributed by atoms with Crippen molar-refractivity contribution in [2.24, 2.45) is 5.41 Å². The quantitative estimate of drug-likeness (QED) is 0.524. The maximum atomic E-state index is 4.72. The van der Waals surface area contributed by atoms with E-state index in [-0.39, 0.29) is 4.75 Å². The molecule has 0 heterocycles. The van der Waals surface area contributed by atoms with E-state index in [0.29, 0.717) is 10.6 Å². The van der Waals surface area contributed by atoms with Crippen LogP contribution in [0.1, 0.15) is 60.8 Å². The first-order valence-corrected chi connectivity index (χ1v) is 6.51. The van der Waals surface area contributed by atoms with Crippen LogP contribution in [0.5, 0.6) is 0 Å². The largest absolute Gasteiger partial charge is 0.173 e. The molecule has 0 amide bonds. The normalized spacial score (nSPS) is 18.0. The Kier molecular flexibility index (Phi) is 5.01. The highest BCUT2D eigenvalue weighted by Crippen LogP contribution is 2.41. The fourth-order valence-corrected chi connectivity index (χ4v) is 3.43. The van der Waals surface area contributed by atoms with Crippen LogP contribution in [0, 0.1) is 5.41 Å². The zero-order chi connectivity index (χ0) is 11.6. The van der Waals surface area contributed by atoms with Gasteiger partial charge < -0.3 is 0 Å². The second-order valence-electron chi connectivity index (χ2n) is 6.36. The lowest BCUT2D eigenvalue weighted by molar-refractivity contribution is 0.249. The van der Waals surface area contributed by atoms with Crippen LogP contribution in [-0.2, 0) is 0 Å². The van der Waals surface area contributed by atoms with Gasteiger partial charge in [0.15, 0.2) is 0 Å². The highest BCUT2D eigenvalue weighted by atomic mass is 32.1. The summed E-state index contributed by atoms with van der Waals surface area (Å²) in [5.74, 6) is 0. The zero-order valence-electron chi connectivity index (χ0n) is 10.6. The first-order valence-electron chi connectivity index (χ1n) is 5.49. The number of rotatable bonds is 5. The van der Waals surface area contributed by atoms with E-state index in [1.165, 1.54) is 12.8 Å². The average molecular weight is 234 g/mol. The molecular weight excluding hydrogens is 207 g/mol. The molecule has 2 heteroatoms. The monoisotopic (exact) mass is 234 g/mol. The average Bonchev–Trinajstić information content (AvgIpc) is 1.78. The SMILES string of the molecule is CCC(C)(S)CC(C)(C)CC(C)(C)P. The van der Waals surface area contributed by atoms with Gasteiger partial charge in [-0.1, -0.05) is 41.5 Å². The molecule has 0 nitrogen and oxygen atoms in total. The molecule has 0 spiro atoms. The van der Waals surface area contributed by atoms with Crippen LogP contribution >= 0.6 is 21.9 Å². The van der Waals surface area contributed by atoms with Crippen molar-refractivity contribution in [1.29, 1.82) is 0 Å². The van der Waals surface area contributed by atoms with E-state index >= 15 is 0 Å². The van der Waals surface area contributed by atoms with Crippen LogP contribution < -0.4 is 0 Å². The molecule has 0 N–H and O–H groups in total. The molecule has 0 aliphatic carbocycles.